The Morgan fingerprint density at radius 1 is 0.710 bits per heavy atom. The molecule has 69 heavy (non-hydrogen) atoms. The van der Waals surface area contributed by atoms with Gasteiger partial charge < -0.3 is 29.6 Å². The number of thiophene rings is 1. The summed E-state index contributed by atoms with van der Waals surface area (Å²) in [5, 5.41) is 31.1. The molecule has 5 heterocycles. The predicted molar refractivity (Wildman–Crippen MR) is 272 cm³/mol. The number of aryl methyl sites for hydroxylation is 2. The van der Waals surface area contributed by atoms with Gasteiger partial charge in [-0.15, -0.1) is 31.7 Å². The topological polar surface area (TPSA) is 181 Å². The normalized spacial score (nSPS) is 15.2. The lowest BCUT2D eigenvalue weighted by Crippen LogP contribution is -2.34. The van der Waals surface area contributed by atoms with Gasteiger partial charge in [-0.25, -0.2) is 0 Å². The molecular formula is C48H51BrCl2N10O6S2. The van der Waals surface area contributed by atoms with Crippen LogP contribution >= 0.6 is 62.2 Å². The first-order valence-electron chi connectivity index (χ1n) is 22.4. The number of nitrogens with zero attached hydrogens (tertiary/aromatic N) is 8. The minimum atomic E-state index is -0.550. The van der Waals surface area contributed by atoms with Crippen molar-refractivity contribution < 1.29 is 28.5 Å². The maximum Gasteiger partial charge on any atom is 0.222 e. The Morgan fingerprint density at radius 2 is 1.29 bits per heavy atom. The number of rotatable bonds is 23. The van der Waals surface area contributed by atoms with E-state index in [1.807, 2.05) is 84.3 Å². The van der Waals surface area contributed by atoms with Crippen LogP contribution in [0.2, 0.25) is 10.0 Å². The lowest BCUT2D eigenvalue weighted by molar-refractivity contribution is -0.122. The van der Waals surface area contributed by atoms with E-state index in [0.29, 0.717) is 99.2 Å². The minimum Gasteiger partial charge on any atom is -0.377 e. The van der Waals surface area contributed by atoms with Crippen molar-refractivity contribution in [2.75, 3.05) is 65.9 Å². The summed E-state index contributed by atoms with van der Waals surface area (Å²) < 4.78 is 27.4. The molecule has 0 radical (unpaired) electrons. The molecule has 0 spiro atoms. The van der Waals surface area contributed by atoms with Crippen LogP contribution in [0, 0.1) is 20.8 Å². The van der Waals surface area contributed by atoms with Crippen molar-refractivity contribution in [2.24, 2.45) is 10.1 Å². The molecule has 3 aromatic carbocycles. The summed E-state index contributed by atoms with van der Waals surface area (Å²) >= 11 is 19.0. The van der Waals surface area contributed by atoms with Gasteiger partial charge in [0.2, 0.25) is 17.0 Å². The molecule has 3 aromatic heterocycles. The molecule has 8 rings (SSSR count). The van der Waals surface area contributed by atoms with Crippen molar-refractivity contribution in [3.05, 3.63) is 137 Å². The van der Waals surface area contributed by atoms with Gasteiger partial charge in [0.05, 0.1) is 75.9 Å². The summed E-state index contributed by atoms with van der Waals surface area (Å²) in [5.41, 5.74) is 6.56. The number of hydrogen-bond donors (Lipinski definition) is 2. The molecule has 0 fully saturated rings. The van der Waals surface area contributed by atoms with Crippen LogP contribution in [0.4, 0.5) is 0 Å². The second-order valence-electron chi connectivity index (χ2n) is 16.1. The standard InChI is InChI=1S/C48H51BrCl2N10O6S2/c1-29-30(2)68-47-43(29)45(34-8-14-37(51)15-9-34)54-38(46-57-55-31(3)60(46)47)27-41(62)52-16-18-64-20-22-66-24-25-67-23-21-65-19-17-53-42(63)28-39-44(33-6-12-36(50)13-7-33)59-61-40(56-58-48(61)69-39)26-32-4-10-35(49)11-5-32/h4-15,38-39H,16-28H2,1-3H3,(H,52,62)(H,53,63)/t38-,39?/m0/s1. The number of nitrogens with one attached hydrogen (secondary N) is 2. The number of carbonyl (C=O) groups excluding carboxylic acids is 2. The average molecular weight is 1080 g/mol. The third kappa shape index (κ3) is 13.1. The van der Waals surface area contributed by atoms with Gasteiger partial charge in [-0.3, -0.25) is 19.1 Å². The van der Waals surface area contributed by atoms with Gasteiger partial charge in [-0.1, -0.05) is 87.3 Å². The van der Waals surface area contributed by atoms with E-state index in [-0.39, 0.29) is 29.9 Å². The third-order valence-corrected chi connectivity index (χ3v) is 14.6. The first kappa shape index (κ1) is 50.6. The van der Waals surface area contributed by atoms with Crippen molar-refractivity contribution in [3.8, 4) is 5.00 Å². The van der Waals surface area contributed by atoms with E-state index in [2.05, 4.69) is 60.8 Å². The van der Waals surface area contributed by atoms with E-state index in [1.165, 1.54) is 16.6 Å². The van der Waals surface area contributed by atoms with E-state index in [9.17, 15) is 9.59 Å². The number of amides is 2. The number of fused-ring (bicyclic) bond motifs is 4. The van der Waals surface area contributed by atoms with Gasteiger partial charge in [0, 0.05) is 56.5 Å². The predicted octanol–water partition coefficient (Wildman–Crippen LogP) is 7.90. The Labute approximate surface area is 426 Å². The Bertz CT molecular complexity index is 2780. The van der Waals surface area contributed by atoms with E-state index in [4.69, 9.17) is 52.2 Å². The van der Waals surface area contributed by atoms with Crippen LogP contribution in [0.15, 0.2) is 92.5 Å². The van der Waals surface area contributed by atoms with E-state index < -0.39 is 6.04 Å². The molecule has 21 heteroatoms. The number of carbonyl (C=O) groups is 2. The maximum atomic E-state index is 13.2. The number of ether oxygens (including phenoxy) is 4. The Balaban J connectivity index is 0.680. The van der Waals surface area contributed by atoms with Crippen LogP contribution < -0.4 is 10.6 Å². The van der Waals surface area contributed by atoms with Crippen LogP contribution in [0.5, 0.6) is 0 Å². The molecule has 2 amide bonds. The Hall–Kier alpha value is -4.83. The van der Waals surface area contributed by atoms with E-state index in [1.54, 1.807) is 16.0 Å². The summed E-state index contributed by atoms with van der Waals surface area (Å²) in [6, 6.07) is 22.5. The molecule has 16 nitrogen and oxygen atoms in total. The van der Waals surface area contributed by atoms with Gasteiger partial charge >= 0.3 is 0 Å². The number of halogens is 3. The highest BCUT2D eigenvalue weighted by Crippen LogP contribution is 2.40. The minimum absolute atomic E-state index is 0.0964. The summed E-state index contributed by atoms with van der Waals surface area (Å²) in [6.45, 7) is 9.78. The van der Waals surface area contributed by atoms with Crippen molar-refractivity contribution in [1.29, 1.82) is 0 Å². The molecule has 2 aliphatic rings. The van der Waals surface area contributed by atoms with Gasteiger partial charge in [0.1, 0.15) is 16.9 Å². The van der Waals surface area contributed by atoms with Gasteiger partial charge in [0.15, 0.2) is 11.6 Å². The highest BCUT2D eigenvalue weighted by molar-refractivity contribution is 9.10. The van der Waals surface area contributed by atoms with Gasteiger partial charge in [-0.2, -0.15) is 9.78 Å². The first-order chi connectivity index (χ1) is 33.5. The lowest BCUT2D eigenvalue weighted by atomic mass is 9.99. The third-order valence-electron chi connectivity index (χ3n) is 11.2. The highest BCUT2D eigenvalue weighted by atomic mass is 79.9. The molecule has 2 aliphatic heterocycles. The molecule has 0 aliphatic carbocycles. The zero-order valence-corrected chi connectivity index (χ0v) is 43.0. The lowest BCUT2D eigenvalue weighted by Gasteiger charge is -2.23. The second kappa shape index (κ2) is 24.3. The molecule has 0 saturated carbocycles. The number of hydrogen-bond acceptors (Lipinski definition) is 14. The summed E-state index contributed by atoms with van der Waals surface area (Å²) in [7, 11) is 0. The maximum absolute atomic E-state index is 13.2. The number of aromatic nitrogens is 6. The zero-order chi connectivity index (χ0) is 48.3. The smallest absolute Gasteiger partial charge is 0.222 e. The Morgan fingerprint density at radius 3 is 1.91 bits per heavy atom. The van der Waals surface area contributed by atoms with Crippen molar-refractivity contribution >= 4 is 85.5 Å². The fraction of sp³-hybridized carbons (Fsp3) is 0.375. The SMILES string of the molecule is Cc1sc2c(c1C)C(c1ccc(Cl)cc1)=N[C@@H](CC(=O)NCCOCCOCCOCCOCCNC(=O)CC1Sc3nnc(Cc4ccc(Br)cc4)n3N=C1c1ccc(Cl)cc1)c1nnc(C)n1-2. The van der Waals surface area contributed by atoms with Crippen molar-refractivity contribution in [3.63, 3.8) is 0 Å². The summed E-state index contributed by atoms with van der Waals surface area (Å²) in [4.78, 5) is 32.7. The molecule has 362 valence electrons. The number of benzene rings is 3. The monoisotopic (exact) mass is 1080 g/mol. The molecule has 2 atom stereocenters. The van der Waals surface area contributed by atoms with Crippen LogP contribution in [0.1, 0.15) is 69.1 Å². The second-order valence-corrected chi connectivity index (χ2v) is 20.2. The van der Waals surface area contributed by atoms with Crippen molar-refractivity contribution in [1.82, 2.24) is 40.3 Å². The van der Waals surface area contributed by atoms with Crippen LogP contribution in [-0.2, 0) is 35.0 Å². The van der Waals surface area contributed by atoms with E-state index >= 15 is 0 Å². The molecule has 1 unspecified atom stereocenters. The molecule has 0 saturated heterocycles. The first-order valence-corrected chi connectivity index (χ1v) is 25.7. The largest absolute Gasteiger partial charge is 0.377 e. The number of thioether (sulfide) groups is 1. The molecular weight excluding hydrogens is 1030 g/mol. The fourth-order valence-corrected chi connectivity index (χ4v) is 10.5. The molecule has 6 aromatic rings. The average Bonchev–Trinajstić information content (AvgIpc) is 3.98. The fourth-order valence-electron chi connectivity index (χ4n) is 7.63. The number of aliphatic imine (C=N–C) groups is 1. The van der Waals surface area contributed by atoms with Crippen LogP contribution in [-0.4, -0.2) is 124 Å². The zero-order valence-electron chi connectivity index (χ0n) is 38.3. The van der Waals surface area contributed by atoms with E-state index in [0.717, 1.165) is 54.5 Å². The summed E-state index contributed by atoms with van der Waals surface area (Å²) in [6.07, 6.45) is 0.847. The molecule has 2 N–H and O–H groups in total. The molecule has 0 bridgehead atoms. The highest BCUT2D eigenvalue weighted by Gasteiger charge is 2.33. The van der Waals surface area contributed by atoms with Crippen LogP contribution in [0.25, 0.3) is 5.00 Å². The Kier molecular flexibility index (Phi) is 17.8. The van der Waals surface area contributed by atoms with Crippen molar-refractivity contribution in [2.45, 2.75) is 56.5 Å². The van der Waals surface area contributed by atoms with Gasteiger partial charge in [0.25, 0.3) is 0 Å². The summed E-state index contributed by atoms with van der Waals surface area (Å²) in [5.74, 6) is 1.78. The van der Waals surface area contributed by atoms with Gasteiger partial charge in [-0.05, 0) is 73.9 Å². The van der Waals surface area contributed by atoms with Crippen LogP contribution in [0.3, 0.4) is 0 Å². The quantitative estimate of drug-likeness (QED) is 0.0596.